The summed E-state index contributed by atoms with van der Waals surface area (Å²) in [5.74, 6) is -0.199. The smallest absolute Gasteiger partial charge is 0.180 e. The van der Waals surface area contributed by atoms with Crippen LogP contribution in [0.15, 0.2) is 53.4 Å². The van der Waals surface area contributed by atoms with Crippen LogP contribution in [0, 0.1) is 5.82 Å². The number of hydrogen-bond donors (Lipinski definition) is 1. The number of rotatable bonds is 3. The minimum absolute atomic E-state index is 0.0769. The van der Waals surface area contributed by atoms with E-state index in [0.717, 1.165) is 11.1 Å². The van der Waals surface area contributed by atoms with Crippen LogP contribution in [0.1, 0.15) is 17.2 Å². The minimum atomic E-state index is -3.19. The summed E-state index contributed by atoms with van der Waals surface area (Å²) in [5, 5.41) is 3.23. The molecule has 2 aromatic rings. The molecule has 20 heavy (non-hydrogen) atoms. The Balaban J connectivity index is 1.78. The normalized spacial score (nSPS) is 19.8. The van der Waals surface area contributed by atoms with Crippen molar-refractivity contribution in [3.05, 3.63) is 65.5 Å². The predicted octanol–water partition coefficient (Wildman–Crippen LogP) is 2.44. The lowest BCUT2D eigenvalue weighted by Gasteiger charge is -2.12. The lowest BCUT2D eigenvalue weighted by molar-refractivity contribution is 0.565. The number of nitrogens with one attached hydrogen (secondary N) is 1. The molecule has 3 nitrogen and oxygen atoms in total. The Hall–Kier alpha value is -1.72. The molecule has 1 heterocycles. The summed E-state index contributed by atoms with van der Waals surface area (Å²) in [4.78, 5) is 0.414. The average molecular weight is 291 g/mol. The second-order valence-corrected chi connectivity index (χ2v) is 6.88. The molecule has 0 aliphatic carbocycles. The fourth-order valence-corrected chi connectivity index (χ4v) is 4.23. The van der Waals surface area contributed by atoms with Crippen LogP contribution in [-0.2, 0) is 16.4 Å². The summed E-state index contributed by atoms with van der Waals surface area (Å²) in [5.41, 5.74) is 1.74. The zero-order valence-electron chi connectivity index (χ0n) is 10.7. The van der Waals surface area contributed by atoms with E-state index in [1.807, 2.05) is 12.1 Å². The highest BCUT2D eigenvalue weighted by atomic mass is 32.2. The highest BCUT2D eigenvalue weighted by Gasteiger charge is 2.33. The molecule has 0 radical (unpaired) electrons. The second kappa shape index (κ2) is 5.00. The van der Waals surface area contributed by atoms with Gasteiger partial charge in [-0.25, -0.2) is 12.8 Å². The van der Waals surface area contributed by atoms with Crippen LogP contribution in [0.5, 0.6) is 0 Å². The highest BCUT2D eigenvalue weighted by Crippen LogP contribution is 2.33. The number of fused-ring (bicyclic) bond motifs is 1. The number of sulfone groups is 1. The van der Waals surface area contributed by atoms with Gasteiger partial charge in [-0.15, -0.1) is 0 Å². The topological polar surface area (TPSA) is 46.2 Å². The van der Waals surface area contributed by atoms with Crippen molar-refractivity contribution in [2.24, 2.45) is 0 Å². The fraction of sp³-hybridized carbons (Fsp3) is 0.200. The first-order valence-corrected chi connectivity index (χ1v) is 8.01. The third-order valence-electron chi connectivity index (χ3n) is 3.48. The summed E-state index contributed by atoms with van der Waals surface area (Å²) in [6, 6.07) is 13.0. The molecule has 0 spiro atoms. The Kier molecular flexibility index (Phi) is 3.31. The van der Waals surface area contributed by atoms with Gasteiger partial charge in [-0.2, -0.15) is 0 Å². The van der Waals surface area contributed by atoms with Crippen LogP contribution in [0.3, 0.4) is 0 Å². The largest absolute Gasteiger partial charge is 0.305 e. The molecule has 2 aromatic carbocycles. The van der Waals surface area contributed by atoms with Crippen LogP contribution in [-0.4, -0.2) is 14.2 Å². The number of halogens is 1. The lowest BCUT2D eigenvalue weighted by atomic mass is 10.1. The van der Waals surface area contributed by atoms with Crippen molar-refractivity contribution in [2.75, 3.05) is 5.75 Å². The molecule has 1 aliphatic heterocycles. The van der Waals surface area contributed by atoms with Crippen LogP contribution in [0.25, 0.3) is 0 Å². The van der Waals surface area contributed by atoms with Crippen LogP contribution in [0.2, 0.25) is 0 Å². The molecule has 0 saturated heterocycles. The van der Waals surface area contributed by atoms with Crippen molar-refractivity contribution in [3.8, 4) is 0 Å². The van der Waals surface area contributed by atoms with Gasteiger partial charge in [0.1, 0.15) is 5.82 Å². The van der Waals surface area contributed by atoms with Crippen molar-refractivity contribution in [2.45, 2.75) is 17.5 Å². The predicted molar refractivity (Wildman–Crippen MR) is 74.5 cm³/mol. The molecule has 3 rings (SSSR count). The van der Waals surface area contributed by atoms with E-state index in [9.17, 15) is 12.8 Å². The summed E-state index contributed by atoms with van der Waals surface area (Å²) < 4.78 is 36.9. The molecule has 1 aliphatic rings. The third kappa shape index (κ3) is 2.46. The maximum atomic E-state index is 12.8. The Labute approximate surface area is 117 Å². The molecular formula is C15H14FNO2S. The van der Waals surface area contributed by atoms with E-state index >= 15 is 0 Å². The van der Waals surface area contributed by atoms with Crippen LogP contribution < -0.4 is 5.32 Å². The van der Waals surface area contributed by atoms with Gasteiger partial charge in [0.05, 0.1) is 10.6 Å². The lowest BCUT2D eigenvalue weighted by Crippen LogP contribution is -2.22. The SMILES string of the molecule is O=S1(=O)CC(NCc2ccc(F)cc2)c2ccccc21. The van der Waals surface area contributed by atoms with Gasteiger partial charge in [-0.1, -0.05) is 30.3 Å². The quantitative estimate of drug-likeness (QED) is 0.945. The van der Waals surface area contributed by atoms with E-state index in [1.54, 1.807) is 24.3 Å². The van der Waals surface area contributed by atoms with E-state index in [0.29, 0.717) is 11.4 Å². The van der Waals surface area contributed by atoms with E-state index in [4.69, 9.17) is 0 Å². The molecule has 1 atom stereocenters. The van der Waals surface area contributed by atoms with Gasteiger partial charge in [0.2, 0.25) is 0 Å². The standard InChI is InChI=1S/C15H14FNO2S/c16-12-7-5-11(6-8-12)9-17-14-10-20(18,19)15-4-2-1-3-13(14)15/h1-8,14,17H,9-10H2. The zero-order valence-corrected chi connectivity index (χ0v) is 11.5. The molecule has 5 heteroatoms. The van der Waals surface area contributed by atoms with Crippen molar-refractivity contribution in [1.29, 1.82) is 0 Å². The van der Waals surface area contributed by atoms with Gasteiger partial charge in [0.15, 0.2) is 9.84 Å². The van der Waals surface area contributed by atoms with E-state index in [1.165, 1.54) is 12.1 Å². The van der Waals surface area contributed by atoms with E-state index in [2.05, 4.69) is 5.32 Å². The molecule has 0 fully saturated rings. The molecule has 0 aromatic heterocycles. The maximum Gasteiger partial charge on any atom is 0.180 e. The van der Waals surface area contributed by atoms with Gasteiger partial charge in [-0.3, -0.25) is 0 Å². The Morgan fingerprint density at radius 1 is 1.10 bits per heavy atom. The molecule has 0 amide bonds. The molecule has 0 saturated carbocycles. The maximum absolute atomic E-state index is 12.8. The summed E-state index contributed by atoms with van der Waals surface area (Å²) in [6.45, 7) is 0.509. The third-order valence-corrected chi connectivity index (χ3v) is 5.30. The molecule has 1 unspecified atom stereocenters. The van der Waals surface area contributed by atoms with Gasteiger partial charge < -0.3 is 5.32 Å². The highest BCUT2D eigenvalue weighted by molar-refractivity contribution is 7.91. The van der Waals surface area contributed by atoms with Gasteiger partial charge in [0, 0.05) is 12.6 Å². The van der Waals surface area contributed by atoms with Gasteiger partial charge in [-0.05, 0) is 29.3 Å². The van der Waals surface area contributed by atoms with E-state index in [-0.39, 0.29) is 17.6 Å². The van der Waals surface area contributed by atoms with Gasteiger partial charge in [0.25, 0.3) is 0 Å². The molecule has 104 valence electrons. The average Bonchev–Trinajstić information content (AvgIpc) is 2.70. The van der Waals surface area contributed by atoms with Crippen molar-refractivity contribution >= 4 is 9.84 Å². The number of hydrogen-bond acceptors (Lipinski definition) is 3. The first-order chi connectivity index (χ1) is 9.56. The Morgan fingerprint density at radius 2 is 1.80 bits per heavy atom. The minimum Gasteiger partial charge on any atom is -0.305 e. The van der Waals surface area contributed by atoms with Gasteiger partial charge >= 0.3 is 0 Å². The van der Waals surface area contributed by atoms with E-state index < -0.39 is 9.84 Å². The Morgan fingerprint density at radius 3 is 2.55 bits per heavy atom. The second-order valence-electron chi connectivity index (χ2n) is 4.88. The van der Waals surface area contributed by atoms with Crippen LogP contribution >= 0.6 is 0 Å². The summed E-state index contributed by atoms with van der Waals surface area (Å²) >= 11 is 0. The fourth-order valence-electron chi connectivity index (χ4n) is 2.46. The summed E-state index contributed by atoms with van der Waals surface area (Å²) in [6.07, 6.45) is 0. The molecule has 1 N–H and O–H groups in total. The summed E-state index contributed by atoms with van der Waals surface area (Å²) in [7, 11) is -3.19. The molecule has 0 bridgehead atoms. The van der Waals surface area contributed by atoms with Crippen LogP contribution in [0.4, 0.5) is 4.39 Å². The van der Waals surface area contributed by atoms with Crippen molar-refractivity contribution in [3.63, 3.8) is 0 Å². The first kappa shape index (κ1) is 13.3. The number of benzene rings is 2. The Bertz CT molecular complexity index is 726. The zero-order chi connectivity index (χ0) is 14.2. The molecular weight excluding hydrogens is 277 g/mol. The first-order valence-electron chi connectivity index (χ1n) is 6.36. The monoisotopic (exact) mass is 291 g/mol. The van der Waals surface area contributed by atoms with Crippen molar-refractivity contribution in [1.82, 2.24) is 5.32 Å². The van der Waals surface area contributed by atoms with Crippen molar-refractivity contribution < 1.29 is 12.8 Å².